The van der Waals surface area contributed by atoms with Gasteiger partial charge in [-0.05, 0) is 43.2 Å². The maximum atomic E-state index is 13.8. The predicted molar refractivity (Wildman–Crippen MR) is 124 cm³/mol. The van der Waals surface area contributed by atoms with Crippen molar-refractivity contribution in [3.63, 3.8) is 0 Å². The van der Waals surface area contributed by atoms with Gasteiger partial charge in [0.15, 0.2) is 5.96 Å². The maximum Gasteiger partial charge on any atom is 0.490 e. The van der Waals surface area contributed by atoms with Gasteiger partial charge in [0.1, 0.15) is 6.04 Å². The minimum Gasteiger partial charge on any atom is -0.475 e. The number of nitrogens with one attached hydrogen (secondary N) is 1. The number of aliphatic carboxylic acids is 1. The summed E-state index contributed by atoms with van der Waals surface area (Å²) in [6, 6.07) is 4.00. The Bertz CT molecular complexity index is 1110. The minimum absolute atomic E-state index is 0.0797. The van der Waals surface area contributed by atoms with E-state index in [0.717, 1.165) is 31.7 Å². The molecule has 1 saturated carbocycles. The molecule has 0 unspecified atom stereocenters. The van der Waals surface area contributed by atoms with Gasteiger partial charge < -0.3 is 20.3 Å². The van der Waals surface area contributed by atoms with Crippen molar-refractivity contribution in [3.8, 4) is 11.4 Å². The Balaban J connectivity index is 0.000000505. The second-order valence-electron chi connectivity index (χ2n) is 9.41. The number of aryl methyl sites for hydroxylation is 1. The van der Waals surface area contributed by atoms with E-state index in [2.05, 4.69) is 10.1 Å². The second kappa shape index (κ2) is 12.0. The average molecular weight is 550 g/mol. The summed E-state index contributed by atoms with van der Waals surface area (Å²) in [7, 11) is 0. The van der Waals surface area contributed by atoms with Crippen molar-refractivity contribution in [2.45, 2.75) is 76.2 Å². The minimum atomic E-state index is -5.08. The number of hydrogen-bond acceptors (Lipinski definition) is 5. The van der Waals surface area contributed by atoms with E-state index >= 15 is 0 Å². The molecule has 1 aromatic heterocycles. The van der Waals surface area contributed by atoms with E-state index in [9.17, 15) is 26.3 Å². The molecule has 1 atom stereocenters. The number of likely N-dealkylation sites (tertiary alicyclic amines) is 1. The number of carboxylic acid groups (broad SMARTS) is 1. The molecule has 0 amide bonds. The van der Waals surface area contributed by atoms with Crippen LogP contribution < -0.4 is 5.73 Å². The van der Waals surface area contributed by atoms with Crippen LogP contribution >= 0.6 is 0 Å². The molecule has 0 bridgehead atoms. The fraction of sp³-hybridized carbons (Fsp3) is 0.583. The van der Waals surface area contributed by atoms with Gasteiger partial charge in [-0.3, -0.25) is 5.41 Å². The van der Waals surface area contributed by atoms with Crippen LogP contribution in [0.1, 0.15) is 74.4 Å². The normalized spacial score (nSPS) is 18.7. The summed E-state index contributed by atoms with van der Waals surface area (Å²) < 4.78 is 78.4. The lowest BCUT2D eigenvalue weighted by Gasteiger charge is -2.22. The van der Waals surface area contributed by atoms with Crippen LogP contribution in [0.3, 0.4) is 0 Å². The zero-order chi connectivity index (χ0) is 28.1. The Labute approximate surface area is 214 Å². The largest absolute Gasteiger partial charge is 0.490 e. The van der Waals surface area contributed by atoms with Crippen molar-refractivity contribution < 1.29 is 40.8 Å². The van der Waals surface area contributed by atoms with E-state index in [1.807, 2.05) is 0 Å². The van der Waals surface area contributed by atoms with Crippen LogP contribution in [-0.2, 0) is 17.4 Å². The SMILES string of the molecule is N=C(N)N1CCC[C@H]1c1nc(-c2ccc(CCC3CCCCC3)c(C(F)(F)F)c2)no1.O=C(O)C(F)(F)F. The number of benzene rings is 1. The van der Waals surface area contributed by atoms with Gasteiger partial charge in [0.2, 0.25) is 11.7 Å². The first-order valence-electron chi connectivity index (χ1n) is 12.2. The highest BCUT2D eigenvalue weighted by Gasteiger charge is 2.38. The molecule has 2 aromatic rings. The van der Waals surface area contributed by atoms with Crippen molar-refractivity contribution in [2.24, 2.45) is 11.7 Å². The Morgan fingerprint density at radius 2 is 1.76 bits per heavy atom. The molecule has 2 fully saturated rings. The molecule has 2 aliphatic rings. The lowest BCUT2D eigenvalue weighted by molar-refractivity contribution is -0.192. The van der Waals surface area contributed by atoms with Crippen molar-refractivity contribution in [1.82, 2.24) is 15.0 Å². The van der Waals surface area contributed by atoms with E-state index in [0.29, 0.717) is 30.9 Å². The molecule has 1 saturated heterocycles. The van der Waals surface area contributed by atoms with E-state index in [-0.39, 0.29) is 29.3 Å². The number of carboxylic acids is 1. The van der Waals surface area contributed by atoms with Gasteiger partial charge in [0.25, 0.3) is 0 Å². The maximum absolute atomic E-state index is 13.8. The third kappa shape index (κ3) is 7.60. The summed E-state index contributed by atoms with van der Waals surface area (Å²) in [5.41, 5.74) is 5.58. The average Bonchev–Trinajstić information content (AvgIpc) is 3.52. The standard InChI is InChI=1S/C22H28F3N5O.C2HF3O2/c23-22(24,25)17-13-16(11-10-15(17)9-8-14-5-2-1-3-6-14)19-28-20(31-29-19)18-7-4-12-30(18)21(26)27;3-2(4,5)1(6)7/h10-11,13-14,18H,1-9,12H2,(H3,26,27);(H,6,7)/t18-;/m0./s1. The van der Waals surface area contributed by atoms with Gasteiger partial charge in [-0.25, -0.2) is 4.79 Å². The number of carbonyl (C=O) groups is 1. The Hall–Kier alpha value is -3.32. The molecule has 1 aromatic carbocycles. The van der Waals surface area contributed by atoms with Gasteiger partial charge in [0.05, 0.1) is 5.56 Å². The molecule has 8 nitrogen and oxygen atoms in total. The Morgan fingerprint density at radius 1 is 1.11 bits per heavy atom. The van der Waals surface area contributed by atoms with Gasteiger partial charge in [-0.1, -0.05) is 49.4 Å². The van der Waals surface area contributed by atoms with E-state index in [4.69, 9.17) is 25.6 Å². The first-order chi connectivity index (χ1) is 17.8. The fourth-order valence-corrected chi connectivity index (χ4v) is 4.83. The monoisotopic (exact) mass is 549 g/mol. The number of nitrogens with zero attached hydrogens (tertiary/aromatic N) is 3. The first kappa shape index (κ1) is 29.2. The summed E-state index contributed by atoms with van der Waals surface area (Å²) in [5, 5.41) is 18.7. The van der Waals surface area contributed by atoms with E-state index in [1.165, 1.54) is 19.3 Å². The Kier molecular flexibility index (Phi) is 9.26. The smallest absolute Gasteiger partial charge is 0.475 e. The zero-order valence-corrected chi connectivity index (χ0v) is 20.4. The first-order valence-corrected chi connectivity index (χ1v) is 12.2. The second-order valence-corrected chi connectivity index (χ2v) is 9.41. The molecule has 1 aliphatic heterocycles. The molecule has 38 heavy (non-hydrogen) atoms. The summed E-state index contributed by atoms with van der Waals surface area (Å²) >= 11 is 0. The van der Waals surface area contributed by atoms with Crippen molar-refractivity contribution in [2.75, 3.05) is 6.54 Å². The Morgan fingerprint density at radius 3 is 2.34 bits per heavy atom. The van der Waals surface area contributed by atoms with Crippen LogP contribution in [0.5, 0.6) is 0 Å². The third-order valence-electron chi connectivity index (χ3n) is 6.75. The third-order valence-corrected chi connectivity index (χ3v) is 6.75. The molecule has 0 spiro atoms. The number of nitrogens with two attached hydrogens (primary N) is 1. The highest BCUT2D eigenvalue weighted by Crippen LogP contribution is 2.37. The number of hydrogen-bond donors (Lipinski definition) is 3. The zero-order valence-electron chi connectivity index (χ0n) is 20.4. The molecule has 0 radical (unpaired) electrons. The van der Waals surface area contributed by atoms with Crippen molar-refractivity contribution in [3.05, 3.63) is 35.2 Å². The van der Waals surface area contributed by atoms with Crippen LogP contribution in [0, 0.1) is 11.3 Å². The van der Waals surface area contributed by atoms with Crippen LogP contribution in [0.25, 0.3) is 11.4 Å². The molecule has 210 valence electrons. The molecular weight excluding hydrogens is 520 g/mol. The number of rotatable bonds is 5. The van der Waals surface area contributed by atoms with Gasteiger partial charge >= 0.3 is 18.3 Å². The van der Waals surface area contributed by atoms with Crippen molar-refractivity contribution in [1.29, 1.82) is 5.41 Å². The lowest BCUT2D eigenvalue weighted by atomic mass is 9.84. The van der Waals surface area contributed by atoms with E-state index in [1.54, 1.807) is 17.0 Å². The molecule has 4 rings (SSSR count). The predicted octanol–water partition coefficient (Wildman–Crippen LogP) is 5.93. The summed E-state index contributed by atoms with van der Waals surface area (Å²) in [6.07, 6.45) is -0.962. The van der Waals surface area contributed by atoms with Gasteiger partial charge in [0, 0.05) is 12.1 Å². The van der Waals surface area contributed by atoms with Gasteiger partial charge in [-0.15, -0.1) is 0 Å². The fourth-order valence-electron chi connectivity index (χ4n) is 4.83. The molecule has 4 N–H and O–H groups in total. The van der Waals surface area contributed by atoms with Gasteiger partial charge in [-0.2, -0.15) is 31.3 Å². The highest BCUT2D eigenvalue weighted by molar-refractivity contribution is 5.75. The molecular formula is C24H29F6N5O3. The van der Waals surface area contributed by atoms with Crippen molar-refractivity contribution >= 4 is 11.9 Å². The molecule has 2 heterocycles. The topological polar surface area (TPSA) is 129 Å². The number of alkyl halides is 6. The quantitative estimate of drug-likeness (QED) is 0.239. The number of halogens is 6. The summed E-state index contributed by atoms with van der Waals surface area (Å²) in [4.78, 5) is 14.9. The van der Waals surface area contributed by atoms with Crippen LogP contribution in [0.2, 0.25) is 0 Å². The lowest BCUT2D eigenvalue weighted by Crippen LogP contribution is -2.35. The summed E-state index contributed by atoms with van der Waals surface area (Å²) in [6.45, 7) is 0.617. The summed E-state index contributed by atoms with van der Waals surface area (Å²) in [5.74, 6) is -1.92. The van der Waals surface area contributed by atoms with Crippen LogP contribution in [-0.4, -0.2) is 44.8 Å². The highest BCUT2D eigenvalue weighted by atomic mass is 19.4. The van der Waals surface area contributed by atoms with Crippen LogP contribution in [0.4, 0.5) is 26.3 Å². The number of aromatic nitrogens is 2. The number of guanidine groups is 1. The molecule has 14 heteroatoms. The van der Waals surface area contributed by atoms with E-state index < -0.39 is 23.9 Å². The van der Waals surface area contributed by atoms with Crippen LogP contribution in [0.15, 0.2) is 22.7 Å². The molecule has 1 aliphatic carbocycles.